The van der Waals surface area contributed by atoms with E-state index in [9.17, 15) is 9.59 Å². The van der Waals surface area contributed by atoms with E-state index in [1.165, 1.54) is 7.11 Å². The number of benzene rings is 1. The van der Waals surface area contributed by atoms with E-state index in [-0.39, 0.29) is 18.2 Å². The molecule has 0 saturated carbocycles. The minimum absolute atomic E-state index is 0.114. The smallest absolute Gasteiger partial charge is 0.303 e. The number of carbonyl (C=O) groups excluding carboxylic acids is 1. The van der Waals surface area contributed by atoms with Crippen LogP contribution in [0.5, 0.6) is 0 Å². The Bertz CT molecular complexity index is 433. The van der Waals surface area contributed by atoms with Gasteiger partial charge in [0.25, 0.3) is 5.91 Å². The molecular weight excluding hydrogens is 258 g/mol. The van der Waals surface area contributed by atoms with Crippen LogP contribution in [0, 0.1) is 5.92 Å². The van der Waals surface area contributed by atoms with Crippen LogP contribution in [0.15, 0.2) is 30.3 Å². The maximum atomic E-state index is 12.1. The molecule has 110 valence electrons. The lowest BCUT2D eigenvalue weighted by atomic mass is 10.0. The SMILES string of the molecule is COC(C(=O)NCC(C)CCC(=O)O)c1ccccc1. The molecule has 2 unspecified atom stereocenters. The van der Waals surface area contributed by atoms with Gasteiger partial charge in [-0.1, -0.05) is 37.3 Å². The third kappa shape index (κ3) is 5.40. The lowest BCUT2D eigenvalue weighted by molar-refractivity contribution is -0.137. The highest BCUT2D eigenvalue weighted by molar-refractivity contribution is 5.82. The number of nitrogens with one attached hydrogen (secondary N) is 1. The summed E-state index contributed by atoms with van der Waals surface area (Å²) in [7, 11) is 1.49. The first-order valence-electron chi connectivity index (χ1n) is 6.61. The Hall–Kier alpha value is -1.88. The molecule has 0 fully saturated rings. The van der Waals surface area contributed by atoms with E-state index in [1.807, 2.05) is 37.3 Å². The first-order chi connectivity index (χ1) is 9.54. The molecule has 5 heteroatoms. The van der Waals surface area contributed by atoms with Crippen LogP contribution in [0.3, 0.4) is 0 Å². The van der Waals surface area contributed by atoms with E-state index in [4.69, 9.17) is 9.84 Å². The zero-order valence-corrected chi connectivity index (χ0v) is 11.8. The molecule has 0 heterocycles. The predicted molar refractivity (Wildman–Crippen MR) is 75.2 cm³/mol. The van der Waals surface area contributed by atoms with Crippen LogP contribution in [0.4, 0.5) is 0 Å². The molecule has 0 radical (unpaired) electrons. The number of aliphatic carboxylic acids is 1. The Balaban J connectivity index is 2.46. The average molecular weight is 279 g/mol. The summed E-state index contributed by atoms with van der Waals surface area (Å²) in [5, 5.41) is 11.4. The minimum atomic E-state index is -0.817. The number of methoxy groups -OCH3 is 1. The van der Waals surface area contributed by atoms with Crippen molar-refractivity contribution >= 4 is 11.9 Å². The number of carbonyl (C=O) groups is 2. The Morgan fingerprint density at radius 1 is 1.30 bits per heavy atom. The van der Waals surface area contributed by atoms with Crippen molar-refractivity contribution in [1.82, 2.24) is 5.32 Å². The molecule has 2 N–H and O–H groups in total. The highest BCUT2D eigenvalue weighted by Crippen LogP contribution is 2.16. The molecule has 1 rings (SSSR count). The van der Waals surface area contributed by atoms with Gasteiger partial charge < -0.3 is 15.2 Å². The van der Waals surface area contributed by atoms with E-state index in [0.717, 1.165) is 5.56 Å². The lowest BCUT2D eigenvalue weighted by Gasteiger charge is -2.17. The van der Waals surface area contributed by atoms with Crippen molar-refractivity contribution in [3.63, 3.8) is 0 Å². The molecular formula is C15H21NO4. The van der Waals surface area contributed by atoms with Crippen LogP contribution in [0.25, 0.3) is 0 Å². The first-order valence-corrected chi connectivity index (χ1v) is 6.61. The monoisotopic (exact) mass is 279 g/mol. The Kier molecular flexibility index (Phi) is 6.73. The van der Waals surface area contributed by atoms with Crippen LogP contribution in [0.1, 0.15) is 31.4 Å². The molecule has 0 saturated heterocycles. The number of carboxylic acid groups (broad SMARTS) is 1. The van der Waals surface area contributed by atoms with E-state index < -0.39 is 12.1 Å². The molecule has 1 amide bonds. The van der Waals surface area contributed by atoms with Gasteiger partial charge in [0.05, 0.1) is 0 Å². The third-order valence-electron chi connectivity index (χ3n) is 3.05. The van der Waals surface area contributed by atoms with Gasteiger partial charge in [0.1, 0.15) is 0 Å². The second kappa shape index (κ2) is 8.32. The molecule has 20 heavy (non-hydrogen) atoms. The fourth-order valence-electron chi connectivity index (χ4n) is 1.86. The summed E-state index contributed by atoms with van der Waals surface area (Å²) < 4.78 is 5.22. The zero-order valence-electron chi connectivity index (χ0n) is 11.8. The zero-order chi connectivity index (χ0) is 15.0. The molecule has 0 aliphatic heterocycles. The summed E-state index contributed by atoms with van der Waals surface area (Å²) in [6.45, 7) is 2.35. The normalized spacial score (nSPS) is 13.5. The molecule has 5 nitrogen and oxygen atoms in total. The summed E-state index contributed by atoms with van der Waals surface area (Å²) in [4.78, 5) is 22.5. The van der Waals surface area contributed by atoms with Gasteiger partial charge in [-0.25, -0.2) is 0 Å². The van der Waals surface area contributed by atoms with Crippen LogP contribution in [-0.4, -0.2) is 30.6 Å². The molecule has 1 aromatic carbocycles. The van der Waals surface area contributed by atoms with Crippen LogP contribution < -0.4 is 5.32 Å². The molecule has 1 aromatic rings. The van der Waals surface area contributed by atoms with Gasteiger partial charge in [-0.15, -0.1) is 0 Å². The highest BCUT2D eigenvalue weighted by Gasteiger charge is 2.20. The Morgan fingerprint density at radius 3 is 2.50 bits per heavy atom. The van der Waals surface area contributed by atoms with Crippen molar-refractivity contribution in [3.05, 3.63) is 35.9 Å². The van der Waals surface area contributed by atoms with Crippen LogP contribution in [0.2, 0.25) is 0 Å². The Labute approximate surface area is 118 Å². The molecule has 0 bridgehead atoms. The largest absolute Gasteiger partial charge is 0.481 e. The second-order valence-corrected chi connectivity index (χ2v) is 4.81. The fraction of sp³-hybridized carbons (Fsp3) is 0.467. The number of rotatable bonds is 8. The molecule has 0 aromatic heterocycles. The van der Waals surface area contributed by atoms with E-state index in [0.29, 0.717) is 13.0 Å². The van der Waals surface area contributed by atoms with Crippen molar-refractivity contribution in [2.45, 2.75) is 25.9 Å². The summed E-state index contributed by atoms with van der Waals surface area (Å²) >= 11 is 0. The molecule has 2 atom stereocenters. The van der Waals surface area contributed by atoms with Gasteiger partial charge in [0.2, 0.25) is 0 Å². The van der Waals surface area contributed by atoms with Crippen molar-refractivity contribution in [1.29, 1.82) is 0 Å². The summed E-state index contributed by atoms with van der Waals surface area (Å²) in [5.41, 5.74) is 0.797. The third-order valence-corrected chi connectivity index (χ3v) is 3.05. The molecule has 0 aliphatic carbocycles. The maximum Gasteiger partial charge on any atom is 0.303 e. The minimum Gasteiger partial charge on any atom is -0.481 e. The van der Waals surface area contributed by atoms with Gasteiger partial charge in [-0.2, -0.15) is 0 Å². The van der Waals surface area contributed by atoms with Crippen LogP contribution >= 0.6 is 0 Å². The summed E-state index contributed by atoms with van der Waals surface area (Å²) in [6.07, 6.45) is 0.0186. The van der Waals surface area contributed by atoms with Gasteiger partial charge in [0.15, 0.2) is 6.10 Å². The average Bonchev–Trinajstić information content (AvgIpc) is 2.45. The highest BCUT2D eigenvalue weighted by atomic mass is 16.5. The number of hydrogen-bond donors (Lipinski definition) is 2. The predicted octanol–water partition coefficient (Wildman–Crippen LogP) is 1.99. The van der Waals surface area contributed by atoms with Crippen molar-refractivity contribution in [3.8, 4) is 0 Å². The number of hydrogen-bond acceptors (Lipinski definition) is 3. The van der Waals surface area contributed by atoms with E-state index in [1.54, 1.807) is 0 Å². The first kappa shape index (κ1) is 16.2. The van der Waals surface area contributed by atoms with Crippen molar-refractivity contribution in [2.75, 3.05) is 13.7 Å². The summed E-state index contributed by atoms with van der Waals surface area (Å²) in [5.74, 6) is -0.911. The van der Waals surface area contributed by atoms with E-state index >= 15 is 0 Å². The van der Waals surface area contributed by atoms with Gasteiger partial charge in [-0.05, 0) is 17.9 Å². The second-order valence-electron chi connectivity index (χ2n) is 4.81. The van der Waals surface area contributed by atoms with Crippen molar-refractivity contribution in [2.24, 2.45) is 5.92 Å². The van der Waals surface area contributed by atoms with E-state index in [2.05, 4.69) is 5.32 Å². The van der Waals surface area contributed by atoms with Crippen molar-refractivity contribution < 1.29 is 19.4 Å². The molecule has 0 aliphatic rings. The standard InChI is InChI=1S/C15H21NO4/c1-11(8-9-13(17)18)10-16-15(19)14(20-2)12-6-4-3-5-7-12/h3-7,11,14H,8-10H2,1-2H3,(H,16,19)(H,17,18). The topological polar surface area (TPSA) is 75.6 Å². The van der Waals surface area contributed by atoms with Gasteiger partial charge >= 0.3 is 5.97 Å². The number of carboxylic acids is 1. The Morgan fingerprint density at radius 2 is 1.95 bits per heavy atom. The van der Waals surface area contributed by atoms with Gasteiger partial charge in [0, 0.05) is 20.1 Å². The number of amides is 1. The van der Waals surface area contributed by atoms with Crippen LogP contribution in [-0.2, 0) is 14.3 Å². The number of ether oxygens (including phenoxy) is 1. The molecule has 0 spiro atoms. The maximum absolute atomic E-state index is 12.1. The lowest BCUT2D eigenvalue weighted by Crippen LogP contribution is -2.33. The summed E-state index contributed by atoms with van der Waals surface area (Å²) in [6, 6.07) is 9.25. The quantitative estimate of drug-likeness (QED) is 0.763. The fourth-order valence-corrected chi connectivity index (χ4v) is 1.86. The van der Waals surface area contributed by atoms with Gasteiger partial charge in [-0.3, -0.25) is 9.59 Å².